The van der Waals surface area contributed by atoms with Gasteiger partial charge in [0.25, 0.3) is 6.01 Å². The largest absolute Gasteiger partial charge is 0.497 e. The maximum Gasteiger partial charge on any atom is 0.295 e. The molecule has 0 atom stereocenters. The van der Waals surface area contributed by atoms with Gasteiger partial charge in [0.1, 0.15) is 17.0 Å². The first kappa shape index (κ1) is 15.2. The number of benzene rings is 2. The highest BCUT2D eigenvalue weighted by atomic mass is 16.5. The molecule has 0 aliphatic heterocycles. The van der Waals surface area contributed by atoms with Crippen molar-refractivity contribution < 1.29 is 13.9 Å². The molecule has 0 aliphatic carbocycles. The molecule has 3 rings (SSSR count). The number of hydrogen-bond acceptors (Lipinski definition) is 5. The number of fused-ring (bicyclic) bond motifs is 1. The van der Waals surface area contributed by atoms with Crippen LogP contribution in [0, 0.1) is 13.8 Å². The topological polar surface area (TPSA) is 56.5 Å². The van der Waals surface area contributed by atoms with Crippen LogP contribution in [0.5, 0.6) is 11.5 Å². The maximum absolute atomic E-state index is 5.80. The highest BCUT2D eigenvalue weighted by Crippen LogP contribution is 2.26. The number of methoxy groups -OCH3 is 2. The summed E-state index contributed by atoms with van der Waals surface area (Å²) in [6.45, 7) is 4.65. The predicted molar refractivity (Wildman–Crippen MR) is 90.4 cm³/mol. The summed E-state index contributed by atoms with van der Waals surface area (Å²) in [4.78, 5) is 4.49. The van der Waals surface area contributed by atoms with Crippen molar-refractivity contribution in [1.82, 2.24) is 4.98 Å². The minimum atomic E-state index is 0.510. The minimum absolute atomic E-state index is 0.510. The Bertz CT molecular complexity index is 817. The summed E-state index contributed by atoms with van der Waals surface area (Å²) in [6, 6.07) is 10.4. The fourth-order valence-corrected chi connectivity index (χ4v) is 2.60. The van der Waals surface area contributed by atoms with Gasteiger partial charge >= 0.3 is 0 Å². The van der Waals surface area contributed by atoms with Crippen molar-refractivity contribution in [3.8, 4) is 11.5 Å². The zero-order chi connectivity index (χ0) is 16.4. The van der Waals surface area contributed by atoms with Crippen LogP contribution in [0.25, 0.3) is 11.1 Å². The second-order valence-electron chi connectivity index (χ2n) is 5.52. The van der Waals surface area contributed by atoms with Gasteiger partial charge in [0.15, 0.2) is 5.58 Å². The number of hydrogen-bond donors (Lipinski definition) is 1. The van der Waals surface area contributed by atoms with E-state index in [1.807, 2.05) is 31.2 Å². The molecule has 23 heavy (non-hydrogen) atoms. The monoisotopic (exact) mass is 312 g/mol. The zero-order valence-corrected chi connectivity index (χ0v) is 13.8. The molecule has 0 aliphatic rings. The van der Waals surface area contributed by atoms with Crippen LogP contribution >= 0.6 is 0 Å². The zero-order valence-electron chi connectivity index (χ0n) is 13.8. The second kappa shape index (κ2) is 6.20. The minimum Gasteiger partial charge on any atom is -0.497 e. The van der Waals surface area contributed by atoms with Crippen LogP contribution in [-0.2, 0) is 6.54 Å². The molecule has 1 aromatic heterocycles. The van der Waals surface area contributed by atoms with E-state index in [0.29, 0.717) is 12.6 Å². The fraction of sp³-hybridized carbons (Fsp3) is 0.278. The number of anilines is 1. The van der Waals surface area contributed by atoms with Gasteiger partial charge in [-0.1, -0.05) is 6.07 Å². The smallest absolute Gasteiger partial charge is 0.295 e. The second-order valence-corrected chi connectivity index (χ2v) is 5.52. The summed E-state index contributed by atoms with van der Waals surface area (Å²) >= 11 is 0. The first-order valence-electron chi connectivity index (χ1n) is 7.42. The number of oxazole rings is 1. The lowest BCUT2D eigenvalue weighted by Gasteiger charge is -2.08. The molecule has 0 unspecified atom stereocenters. The molecule has 120 valence electrons. The van der Waals surface area contributed by atoms with Gasteiger partial charge in [0, 0.05) is 12.6 Å². The third-order valence-electron chi connectivity index (χ3n) is 3.68. The molecule has 5 heteroatoms. The quantitative estimate of drug-likeness (QED) is 0.769. The SMILES string of the molecule is COc1cc(CNc2nc3cc(C)cc(C)c3o2)cc(OC)c1. The van der Waals surface area contributed by atoms with Gasteiger partial charge in [-0.2, -0.15) is 4.98 Å². The molecule has 0 radical (unpaired) electrons. The summed E-state index contributed by atoms with van der Waals surface area (Å²) in [5.41, 5.74) is 4.97. The van der Waals surface area contributed by atoms with Crippen molar-refractivity contribution in [1.29, 1.82) is 0 Å². The van der Waals surface area contributed by atoms with Crippen LogP contribution in [0.15, 0.2) is 34.7 Å². The van der Waals surface area contributed by atoms with Crippen molar-refractivity contribution >= 4 is 17.1 Å². The van der Waals surface area contributed by atoms with E-state index in [1.165, 1.54) is 5.56 Å². The molecule has 1 heterocycles. The molecule has 0 saturated heterocycles. The standard InChI is InChI=1S/C18H20N2O3/c1-11-5-12(2)17-16(6-11)20-18(23-17)19-10-13-7-14(21-3)9-15(8-13)22-4/h5-9H,10H2,1-4H3,(H,19,20). The number of nitrogens with one attached hydrogen (secondary N) is 1. The van der Waals surface area contributed by atoms with Gasteiger partial charge in [-0.3, -0.25) is 0 Å². The average molecular weight is 312 g/mol. The average Bonchev–Trinajstić information content (AvgIpc) is 2.95. The molecule has 0 bridgehead atoms. The molecule has 2 aromatic carbocycles. The lowest BCUT2D eigenvalue weighted by atomic mass is 10.1. The number of nitrogens with zero attached hydrogens (tertiary/aromatic N) is 1. The molecule has 5 nitrogen and oxygen atoms in total. The number of aromatic nitrogens is 1. The van der Waals surface area contributed by atoms with E-state index in [2.05, 4.69) is 23.3 Å². The Morgan fingerprint density at radius 1 is 1.00 bits per heavy atom. The van der Waals surface area contributed by atoms with E-state index >= 15 is 0 Å². The van der Waals surface area contributed by atoms with E-state index in [9.17, 15) is 0 Å². The normalized spacial score (nSPS) is 10.8. The molecule has 0 fully saturated rings. The predicted octanol–water partition coefficient (Wildman–Crippen LogP) is 4.07. The third-order valence-corrected chi connectivity index (χ3v) is 3.68. The summed E-state index contributed by atoms with van der Waals surface area (Å²) < 4.78 is 16.4. The van der Waals surface area contributed by atoms with Crippen LogP contribution in [0.3, 0.4) is 0 Å². The summed E-state index contributed by atoms with van der Waals surface area (Å²) in [6.07, 6.45) is 0. The number of ether oxygens (including phenoxy) is 2. The molecular weight excluding hydrogens is 292 g/mol. The van der Waals surface area contributed by atoms with E-state index < -0.39 is 0 Å². The molecule has 0 amide bonds. The van der Waals surface area contributed by atoms with Crippen molar-refractivity contribution in [3.05, 3.63) is 47.0 Å². The van der Waals surface area contributed by atoms with Crippen LogP contribution < -0.4 is 14.8 Å². The van der Waals surface area contributed by atoms with E-state index in [1.54, 1.807) is 14.2 Å². The Balaban J connectivity index is 1.82. The van der Waals surface area contributed by atoms with Crippen LogP contribution in [0.1, 0.15) is 16.7 Å². The first-order chi connectivity index (χ1) is 11.1. The maximum atomic E-state index is 5.80. The Morgan fingerprint density at radius 2 is 1.70 bits per heavy atom. The van der Waals surface area contributed by atoms with Gasteiger partial charge in [-0.25, -0.2) is 0 Å². The van der Waals surface area contributed by atoms with Crippen LogP contribution in [0.4, 0.5) is 6.01 Å². The fourth-order valence-electron chi connectivity index (χ4n) is 2.60. The van der Waals surface area contributed by atoms with E-state index in [0.717, 1.165) is 33.7 Å². The summed E-state index contributed by atoms with van der Waals surface area (Å²) in [7, 11) is 3.27. The van der Waals surface area contributed by atoms with Crippen molar-refractivity contribution in [2.24, 2.45) is 0 Å². The first-order valence-corrected chi connectivity index (χ1v) is 7.42. The van der Waals surface area contributed by atoms with Gasteiger partial charge in [-0.05, 0) is 48.7 Å². The highest BCUT2D eigenvalue weighted by Gasteiger charge is 2.09. The lowest BCUT2D eigenvalue weighted by Crippen LogP contribution is -2.00. The lowest BCUT2D eigenvalue weighted by molar-refractivity contribution is 0.393. The van der Waals surface area contributed by atoms with Crippen molar-refractivity contribution in [3.63, 3.8) is 0 Å². The Morgan fingerprint density at radius 3 is 2.35 bits per heavy atom. The third kappa shape index (κ3) is 3.23. The molecule has 0 saturated carbocycles. The van der Waals surface area contributed by atoms with Crippen molar-refractivity contribution in [2.45, 2.75) is 20.4 Å². The number of rotatable bonds is 5. The molecule has 0 spiro atoms. The molecular formula is C18H20N2O3. The highest BCUT2D eigenvalue weighted by molar-refractivity contribution is 5.78. The van der Waals surface area contributed by atoms with Crippen LogP contribution in [0.2, 0.25) is 0 Å². The van der Waals surface area contributed by atoms with Gasteiger partial charge in [-0.15, -0.1) is 0 Å². The molecule has 3 aromatic rings. The van der Waals surface area contributed by atoms with E-state index in [4.69, 9.17) is 13.9 Å². The Hall–Kier alpha value is -2.69. The van der Waals surface area contributed by atoms with Gasteiger partial charge in [0.05, 0.1) is 14.2 Å². The molecule has 1 N–H and O–H groups in total. The van der Waals surface area contributed by atoms with E-state index in [-0.39, 0.29) is 0 Å². The van der Waals surface area contributed by atoms with Crippen LogP contribution in [-0.4, -0.2) is 19.2 Å². The Kier molecular flexibility index (Phi) is 4.10. The van der Waals surface area contributed by atoms with Gasteiger partial charge < -0.3 is 19.2 Å². The number of aryl methyl sites for hydroxylation is 2. The summed E-state index contributed by atoms with van der Waals surface area (Å²) in [5.74, 6) is 1.51. The summed E-state index contributed by atoms with van der Waals surface area (Å²) in [5, 5.41) is 3.21. The van der Waals surface area contributed by atoms with Crippen molar-refractivity contribution in [2.75, 3.05) is 19.5 Å². The Labute approximate surface area is 135 Å². The van der Waals surface area contributed by atoms with Gasteiger partial charge in [0.2, 0.25) is 0 Å².